The van der Waals surface area contributed by atoms with E-state index in [9.17, 15) is 9.59 Å². The summed E-state index contributed by atoms with van der Waals surface area (Å²) >= 11 is 1.71. The van der Waals surface area contributed by atoms with Crippen molar-refractivity contribution in [2.24, 2.45) is 0 Å². The molecule has 2 aliphatic rings. The maximum Gasteiger partial charge on any atom is 0.243 e. The monoisotopic (exact) mass is 392 g/mol. The van der Waals surface area contributed by atoms with Crippen molar-refractivity contribution in [1.29, 1.82) is 0 Å². The quantitative estimate of drug-likeness (QED) is 0.737. The van der Waals surface area contributed by atoms with Crippen molar-refractivity contribution < 1.29 is 19.1 Å². The van der Waals surface area contributed by atoms with Crippen molar-refractivity contribution in [3.05, 3.63) is 23.8 Å². The summed E-state index contributed by atoms with van der Waals surface area (Å²) in [6, 6.07) is 5.52. The summed E-state index contributed by atoms with van der Waals surface area (Å²) < 4.78 is 11.2. The molecule has 2 heterocycles. The van der Waals surface area contributed by atoms with Crippen molar-refractivity contribution in [3.8, 4) is 11.5 Å². The smallest absolute Gasteiger partial charge is 0.243 e. The average molecular weight is 393 g/mol. The standard InChI is InChI=1S/C20H28N2O4S/c1-4-25-16-7-6-14(12-17(16)26-5-2)9-11-21-19(24)15-13-27-20(3)10-8-18(23)22(15)20/h6-7,12,15H,4-5,8-11,13H2,1-3H3,(H,21,24)/t15-,20-/m0/s1. The lowest BCUT2D eigenvalue weighted by atomic mass is 10.1. The van der Waals surface area contributed by atoms with Crippen molar-refractivity contribution in [2.45, 2.75) is 50.9 Å². The Bertz CT molecular complexity index is 711. The van der Waals surface area contributed by atoms with Gasteiger partial charge in [0.1, 0.15) is 6.04 Å². The molecule has 2 saturated heterocycles. The predicted molar refractivity (Wildman–Crippen MR) is 106 cm³/mol. The van der Waals surface area contributed by atoms with Gasteiger partial charge in [0.15, 0.2) is 11.5 Å². The fourth-order valence-corrected chi connectivity index (χ4v) is 5.15. The van der Waals surface area contributed by atoms with Crippen LogP contribution in [0.25, 0.3) is 0 Å². The zero-order chi connectivity index (χ0) is 19.4. The highest BCUT2D eigenvalue weighted by atomic mass is 32.2. The summed E-state index contributed by atoms with van der Waals surface area (Å²) in [6.45, 7) is 7.63. The number of benzene rings is 1. The third kappa shape index (κ3) is 4.18. The number of fused-ring (bicyclic) bond motifs is 1. The Kier molecular flexibility index (Phi) is 6.19. The van der Waals surface area contributed by atoms with Crippen LogP contribution in [0.1, 0.15) is 39.2 Å². The van der Waals surface area contributed by atoms with Gasteiger partial charge < -0.3 is 19.7 Å². The molecule has 1 aromatic carbocycles. The van der Waals surface area contributed by atoms with E-state index in [4.69, 9.17) is 9.47 Å². The minimum absolute atomic E-state index is 0.0579. The molecule has 7 heteroatoms. The first kappa shape index (κ1) is 19.9. The molecule has 1 aromatic rings. The molecule has 6 nitrogen and oxygen atoms in total. The molecule has 0 aliphatic carbocycles. The number of carbonyl (C=O) groups is 2. The van der Waals surface area contributed by atoms with Gasteiger partial charge >= 0.3 is 0 Å². The van der Waals surface area contributed by atoms with Gasteiger partial charge in [-0.1, -0.05) is 6.07 Å². The van der Waals surface area contributed by atoms with Gasteiger partial charge in [0, 0.05) is 18.7 Å². The molecule has 2 atom stereocenters. The van der Waals surface area contributed by atoms with E-state index in [-0.39, 0.29) is 22.7 Å². The van der Waals surface area contributed by atoms with Gasteiger partial charge in [-0.3, -0.25) is 9.59 Å². The van der Waals surface area contributed by atoms with Crippen molar-refractivity contribution in [1.82, 2.24) is 10.2 Å². The van der Waals surface area contributed by atoms with E-state index in [2.05, 4.69) is 12.2 Å². The molecular formula is C20H28N2O4S. The molecule has 0 bridgehead atoms. The van der Waals surface area contributed by atoms with Gasteiger partial charge in [-0.05, 0) is 51.3 Å². The Morgan fingerprint density at radius 1 is 1.30 bits per heavy atom. The largest absolute Gasteiger partial charge is 0.490 e. The number of hydrogen-bond acceptors (Lipinski definition) is 5. The highest BCUT2D eigenvalue weighted by Gasteiger charge is 2.52. The predicted octanol–water partition coefficient (Wildman–Crippen LogP) is 2.60. The Labute approximate surface area is 165 Å². The first-order chi connectivity index (χ1) is 13.0. The molecule has 148 valence electrons. The zero-order valence-electron chi connectivity index (χ0n) is 16.2. The summed E-state index contributed by atoms with van der Waals surface area (Å²) in [5.41, 5.74) is 1.07. The lowest BCUT2D eigenvalue weighted by Gasteiger charge is -2.29. The van der Waals surface area contributed by atoms with E-state index in [1.165, 1.54) is 0 Å². The molecule has 0 spiro atoms. The van der Waals surface area contributed by atoms with Crippen LogP contribution in [0.15, 0.2) is 18.2 Å². The van der Waals surface area contributed by atoms with Crippen molar-refractivity contribution in [3.63, 3.8) is 0 Å². The van der Waals surface area contributed by atoms with Crippen LogP contribution in [0, 0.1) is 0 Å². The Morgan fingerprint density at radius 2 is 2.04 bits per heavy atom. The number of carbonyl (C=O) groups excluding carboxylic acids is 2. The number of nitrogens with one attached hydrogen (secondary N) is 1. The maximum atomic E-state index is 12.6. The minimum Gasteiger partial charge on any atom is -0.490 e. The molecule has 2 amide bonds. The summed E-state index contributed by atoms with van der Waals surface area (Å²) in [4.78, 5) is 26.4. The Morgan fingerprint density at radius 3 is 2.78 bits per heavy atom. The van der Waals surface area contributed by atoms with E-state index < -0.39 is 0 Å². The summed E-state index contributed by atoms with van der Waals surface area (Å²) in [6.07, 6.45) is 2.07. The highest BCUT2D eigenvalue weighted by Crippen LogP contribution is 2.47. The van der Waals surface area contributed by atoms with Gasteiger partial charge in [-0.15, -0.1) is 11.8 Å². The normalized spacial score (nSPS) is 24.0. The second-order valence-electron chi connectivity index (χ2n) is 6.95. The number of rotatable bonds is 8. The van der Waals surface area contributed by atoms with Gasteiger partial charge in [0.25, 0.3) is 0 Å². The molecule has 0 unspecified atom stereocenters. The van der Waals surface area contributed by atoms with Gasteiger partial charge in [0.2, 0.25) is 11.8 Å². The highest BCUT2D eigenvalue weighted by molar-refractivity contribution is 8.01. The van der Waals surface area contributed by atoms with Crippen LogP contribution in [0.2, 0.25) is 0 Å². The summed E-state index contributed by atoms with van der Waals surface area (Å²) in [7, 11) is 0. The van der Waals surface area contributed by atoms with Crippen LogP contribution < -0.4 is 14.8 Å². The molecule has 3 rings (SSSR count). The molecule has 0 saturated carbocycles. The van der Waals surface area contributed by atoms with Crippen LogP contribution in [-0.4, -0.2) is 53.1 Å². The lowest BCUT2D eigenvalue weighted by molar-refractivity contribution is -0.137. The number of ether oxygens (including phenoxy) is 2. The van der Waals surface area contributed by atoms with E-state index in [0.717, 1.165) is 23.5 Å². The Hall–Kier alpha value is -1.89. The third-order valence-electron chi connectivity index (χ3n) is 5.07. The fourth-order valence-electron chi connectivity index (χ4n) is 3.71. The number of hydrogen-bond donors (Lipinski definition) is 1. The first-order valence-corrected chi connectivity index (χ1v) is 10.6. The fraction of sp³-hybridized carbons (Fsp3) is 0.600. The SMILES string of the molecule is CCOc1ccc(CCNC(=O)[C@@H]2CS[C@@]3(C)CCC(=O)N23)cc1OCC. The van der Waals surface area contributed by atoms with Gasteiger partial charge in [0.05, 0.1) is 18.1 Å². The molecule has 1 N–H and O–H groups in total. The Balaban J connectivity index is 1.56. The van der Waals surface area contributed by atoms with E-state index >= 15 is 0 Å². The molecule has 2 fully saturated rings. The summed E-state index contributed by atoms with van der Waals surface area (Å²) in [5, 5.41) is 3.00. The minimum atomic E-state index is -0.352. The molecule has 0 radical (unpaired) electrons. The van der Waals surface area contributed by atoms with Crippen LogP contribution >= 0.6 is 11.8 Å². The van der Waals surface area contributed by atoms with E-state index in [1.54, 1.807) is 16.7 Å². The summed E-state index contributed by atoms with van der Waals surface area (Å²) in [5.74, 6) is 2.18. The van der Waals surface area contributed by atoms with Crippen molar-refractivity contribution >= 4 is 23.6 Å². The molecule has 2 aliphatic heterocycles. The van der Waals surface area contributed by atoms with E-state index in [1.807, 2.05) is 32.0 Å². The zero-order valence-corrected chi connectivity index (χ0v) is 17.1. The van der Waals surface area contributed by atoms with Gasteiger partial charge in [-0.2, -0.15) is 0 Å². The molecule has 27 heavy (non-hydrogen) atoms. The molecule has 0 aromatic heterocycles. The number of amides is 2. The van der Waals surface area contributed by atoms with Crippen LogP contribution in [0.5, 0.6) is 11.5 Å². The average Bonchev–Trinajstić information content (AvgIpc) is 3.13. The van der Waals surface area contributed by atoms with E-state index in [0.29, 0.717) is 38.4 Å². The second-order valence-corrected chi connectivity index (χ2v) is 8.46. The van der Waals surface area contributed by atoms with Crippen LogP contribution in [0.3, 0.4) is 0 Å². The second kappa shape index (κ2) is 8.42. The maximum absolute atomic E-state index is 12.6. The molecular weight excluding hydrogens is 364 g/mol. The van der Waals surface area contributed by atoms with Crippen LogP contribution in [-0.2, 0) is 16.0 Å². The third-order valence-corrected chi connectivity index (χ3v) is 6.57. The first-order valence-electron chi connectivity index (χ1n) is 9.61. The number of nitrogens with zero attached hydrogens (tertiary/aromatic N) is 1. The number of thioether (sulfide) groups is 1. The van der Waals surface area contributed by atoms with Gasteiger partial charge in [-0.25, -0.2) is 0 Å². The van der Waals surface area contributed by atoms with Crippen LogP contribution in [0.4, 0.5) is 0 Å². The van der Waals surface area contributed by atoms with Crippen molar-refractivity contribution in [2.75, 3.05) is 25.5 Å². The lowest BCUT2D eigenvalue weighted by Crippen LogP contribution is -2.50. The topological polar surface area (TPSA) is 67.9 Å².